The molecule has 13 heteroatoms. The van der Waals surface area contributed by atoms with Gasteiger partial charge in [-0.1, -0.05) is 0 Å². The SMILES string of the molecule is CCOC(=O)NC1CCN(c2ccc([N+](=O)[O-])c3cccnc23)CC1.O=C(O)C(F)(F)F. The van der Waals surface area contributed by atoms with Gasteiger partial charge in [0.2, 0.25) is 0 Å². The number of aromatic nitrogens is 1. The zero-order chi connectivity index (χ0) is 23.9. The van der Waals surface area contributed by atoms with Gasteiger partial charge in [0.25, 0.3) is 5.69 Å². The number of nitro benzene ring substituents is 1. The second-order valence-electron chi connectivity index (χ2n) is 6.69. The van der Waals surface area contributed by atoms with Gasteiger partial charge in [-0.05, 0) is 38.0 Å². The number of fused-ring (bicyclic) bond motifs is 1. The molecule has 174 valence electrons. The van der Waals surface area contributed by atoms with Crippen molar-refractivity contribution in [2.24, 2.45) is 0 Å². The molecular formula is C19H21F3N4O6. The first kappa shape index (κ1) is 24.6. The number of anilines is 1. The number of carboxylic acids is 1. The summed E-state index contributed by atoms with van der Waals surface area (Å²) in [5.74, 6) is -2.76. The zero-order valence-corrected chi connectivity index (χ0v) is 17.0. The van der Waals surface area contributed by atoms with Crippen LogP contribution < -0.4 is 10.2 Å². The minimum atomic E-state index is -5.08. The van der Waals surface area contributed by atoms with Gasteiger partial charge in [-0.25, -0.2) is 9.59 Å². The Morgan fingerprint density at radius 1 is 1.31 bits per heavy atom. The molecule has 0 spiro atoms. The lowest BCUT2D eigenvalue weighted by molar-refractivity contribution is -0.383. The maximum atomic E-state index is 11.5. The zero-order valence-electron chi connectivity index (χ0n) is 17.0. The fraction of sp³-hybridized carbons (Fsp3) is 0.421. The lowest BCUT2D eigenvalue weighted by Gasteiger charge is -2.34. The number of carboxylic acid groups (broad SMARTS) is 1. The van der Waals surface area contributed by atoms with E-state index in [1.807, 2.05) is 0 Å². The van der Waals surface area contributed by atoms with Crippen LogP contribution in [0.5, 0.6) is 0 Å². The Hall–Kier alpha value is -3.64. The van der Waals surface area contributed by atoms with Crippen LogP contribution >= 0.6 is 0 Å². The number of rotatable bonds is 4. The minimum Gasteiger partial charge on any atom is -0.475 e. The van der Waals surface area contributed by atoms with Gasteiger partial charge in [-0.15, -0.1) is 0 Å². The van der Waals surface area contributed by atoms with Crippen LogP contribution in [0.25, 0.3) is 10.9 Å². The molecule has 2 heterocycles. The number of piperidine rings is 1. The predicted molar refractivity (Wildman–Crippen MR) is 107 cm³/mol. The highest BCUT2D eigenvalue weighted by molar-refractivity contribution is 5.97. The molecule has 2 N–H and O–H groups in total. The Bertz CT molecular complexity index is 977. The molecule has 3 rings (SSSR count). The second kappa shape index (κ2) is 10.6. The summed E-state index contributed by atoms with van der Waals surface area (Å²) in [5, 5.41) is 21.7. The maximum Gasteiger partial charge on any atom is 0.490 e. The molecule has 0 aliphatic carbocycles. The van der Waals surface area contributed by atoms with Crippen molar-refractivity contribution in [3.05, 3.63) is 40.6 Å². The molecule has 1 saturated heterocycles. The van der Waals surface area contributed by atoms with Gasteiger partial charge in [0.1, 0.15) is 5.52 Å². The van der Waals surface area contributed by atoms with E-state index in [0.29, 0.717) is 17.5 Å². The number of benzene rings is 1. The van der Waals surface area contributed by atoms with E-state index in [1.165, 1.54) is 6.07 Å². The number of ether oxygens (including phenoxy) is 1. The Balaban J connectivity index is 0.000000451. The van der Waals surface area contributed by atoms with Gasteiger partial charge in [0.15, 0.2) is 0 Å². The van der Waals surface area contributed by atoms with E-state index in [1.54, 1.807) is 31.3 Å². The van der Waals surface area contributed by atoms with Crippen molar-refractivity contribution in [1.29, 1.82) is 0 Å². The predicted octanol–water partition coefficient (Wildman–Crippen LogP) is 3.49. The van der Waals surface area contributed by atoms with Crippen LogP contribution in [0.15, 0.2) is 30.5 Å². The molecule has 0 bridgehead atoms. The number of nitrogens with one attached hydrogen (secondary N) is 1. The summed E-state index contributed by atoms with van der Waals surface area (Å²) >= 11 is 0. The molecule has 0 saturated carbocycles. The molecule has 1 aromatic heterocycles. The third-order valence-corrected chi connectivity index (χ3v) is 4.60. The van der Waals surface area contributed by atoms with Crippen molar-refractivity contribution in [3.63, 3.8) is 0 Å². The van der Waals surface area contributed by atoms with Crippen molar-refractivity contribution < 1.29 is 37.5 Å². The number of hydrogen-bond acceptors (Lipinski definition) is 7. The number of carbonyl (C=O) groups is 2. The van der Waals surface area contributed by atoms with Gasteiger partial charge in [0, 0.05) is 31.4 Å². The fourth-order valence-corrected chi connectivity index (χ4v) is 3.16. The molecular weight excluding hydrogens is 437 g/mol. The molecule has 1 amide bonds. The number of non-ortho nitro benzene ring substituents is 1. The lowest BCUT2D eigenvalue weighted by atomic mass is 10.0. The third-order valence-electron chi connectivity index (χ3n) is 4.60. The molecule has 32 heavy (non-hydrogen) atoms. The number of hydrogen-bond donors (Lipinski definition) is 2. The summed E-state index contributed by atoms with van der Waals surface area (Å²) in [6.07, 6.45) is -2.26. The van der Waals surface area contributed by atoms with Crippen molar-refractivity contribution in [1.82, 2.24) is 10.3 Å². The molecule has 1 aliphatic heterocycles. The number of carbonyl (C=O) groups excluding carboxylic acids is 1. The van der Waals surface area contributed by atoms with Gasteiger partial charge >= 0.3 is 18.2 Å². The third kappa shape index (κ3) is 6.43. The highest BCUT2D eigenvalue weighted by atomic mass is 19.4. The van der Waals surface area contributed by atoms with Crippen molar-refractivity contribution >= 4 is 34.3 Å². The Kier molecular flexibility index (Phi) is 8.15. The quantitative estimate of drug-likeness (QED) is 0.525. The first-order valence-electron chi connectivity index (χ1n) is 9.55. The summed E-state index contributed by atoms with van der Waals surface area (Å²) in [4.78, 5) is 37.8. The van der Waals surface area contributed by atoms with E-state index in [0.717, 1.165) is 31.6 Å². The summed E-state index contributed by atoms with van der Waals surface area (Å²) in [6.45, 7) is 3.60. The number of alkyl halides is 3. The lowest BCUT2D eigenvalue weighted by Crippen LogP contribution is -2.45. The number of halogens is 3. The van der Waals surface area contributed by atoms with Crippen LogP contribution in [-0.2, 0) is 9.53 Å². The standard InChI is InChI=1S/C17H20N4O4.C2HF3O2/c1-2-25-17(22)19-12-7-10-20(11-8-12)15-6-5-14(21(23)24)13-4-3-9-18-16(13)15;3-2(4,5)1(6)7/h3-6,9,12H,2,7-8,10-11H2,1H3,(H,19,22);(H,6,7). The van der Waals surface area contributed by atoms with Crippen molar-refractivity contribution in [2.75, 3.05) is 24.6 Å². The Morgan fingerprint density at radius 2 is 1.94 bits per heavy atom. The van der Waals surface area contributed by atoms with Crippen molar-refractivity contribution in [2.45, 2.75) is 32.0 Å². The van der Waals surface area contributed by atoms with Crippen LogP contribution in [0.4, 0.5) is 29.3 Å². The average molecular weight is 458 g/mol. The van der Waals surface area contributed by atoms with E-state index in [4.69, 9.17) is 14.6 Å². The number of nitrogens with zero attached hydrogens (tertiary/aromatic N) is 3. The summed E-state index contributed by atoms with van der Waals surface area (Å²) in [6, 6.07) is 6.79. The topological polar surface area (TPSA) is 135 Å². The molecule has 0 radical (unpaired) electrons. The van der Waals surface area contributed by atoms with Gasteiger partial charge in [0.05, 0.1) is 22.6 Å². The van der Waals surface area contributed by atoms with Gasteiger partial charge in [-0.3, -0.25) is 15.1 Å². The second-order valence-corrected chi connectivity index (χ2v) is 6.69. The van der Waals surface area contributed by atoms with E-state index in [2.05, 4.69) is 15.2 Å². The Morgan fingerprint density at radius 3 is 2.47 bits per heavy atom. The molecule has 0 atom stereocenters. The average Bonchev–Trinajstić information content (AvgIpc) is 2.73. The summed E-state index contributed by atoms with van der Waals surface area (Å²) in [7, 11) is 0. The highest BCUT2D eigenvalue weighted by Crippen LogP contribution is 2.33. The van der Waals surface area contributed by atoms with E-state index in [9.17, 15) is 28.1 Å². The number of amides is 1. The monoisotopic (exact) mass is 458 g/mol. The first-order chi connectivity index (χ1) is 15.0. The van der Waals surface area contributed by atoms with Gasteiger partial charge in [-0.2, -0.15) is 13.2 Å². The number of aliphatic carboxylic acids is 1. The fourth-order valence-electron chi connectivity index (χ4n) is 3.16. The minimum absolute atomic E-state index is 0.0608. The van der Waals surface area contributed by atoms with Crippen LogP contribution in [0, 0.1) is 10.1 Å². The van der Waals surface area contributed by atoms with Crippen LogP contribution in [0.2, 0.25) is 0 Å². The molecule has 10 nitrogen and oxygen atoms in total. The van der Waals surface area contributed by atoms with E-state index in [-0.39, 0.29) is 22.7 Å². The maximum absolute atomic E-state index is 11.5. The smallest absolute Gasteiger partial charge is 0.475 e. The summed E-state index contributed by atoms with van der Waals surface area (Å²) in [5.41, 5.74) is 1.58. The normalized spacial score (nSPS) is 14.3. The number of nitro groups is 1. The Labute approximate surface area is 180 Å². The van der Waals surface area contributed by atoms with Crippen LogP contribution in [0.3, 0.4) is 0 Å². The number of pyridine rings is 1. The highest BCUT2D eigenvalue weighted by Gasteiger charge is 2.38. The van der Waals surface area contributed by atoms with Crippen LogP contribution in [-0.4, -0.2) is 59.0 Å². The largest absolute Gasteiger partial charge is 0.490 e. The molecule has 1 aliphatic rings. The molecule has 1 aromatic carbocycles. The van der Waals surface area contributed by atoms with E-state index < -0.39 is 12.1 Å². The summed E-state index contributed by atoms with van der Waals surface area (Å²) < 4.78 is 36.6. The molecule has 0 unspecified atom stereocenters. The first-order valence-corrected chi connectivity index (χ1v) is 9.55. The number of alkyl carbamates (subject to hydrolysis) is 1. The van der Waals surface area contributed by atoms with Crippen LogP contribution in [0.1, 0.15) is 19.8 Å². The molecule has 2 aromatic rings. The van der Waals surface area contributed by atoms with Gasteiger partial charge < -0.3 is 20.1 Å². The van der Waals surface area contributed by atoms with E-state index >= 15 is 0 Å². The molecule has 1 fully saturated rings. The van der Waals surface area contributed by atoms with Crippen molar-refractivity contribution in [3.8, 4) is 0 Å².